The smallest absolute Gasteiger partial charge is 0.342 e. The van der Waals surface area contributed by atoms with Crippen LogP contribution in [0.4, 0.5) is 81.6 Å². The van der Waals surface area contributed by atoms with Crippen LogP contribution in [0.2, 0.25) is 0 Å². The van der Waals surface area contributed by atoms with Crippen molar-refractivity contribution in [2.24, 2.45) is 0 Å². The fourth-order valence-electron chi connectivity index (χ4n) is 5.74. The zero-order valence-corrected chi connectivity index (χ0v) is 27.4. The van der Waals surface area contributed by atoms with Crippen LogP contribution in [0.25, 0.3) is 76.6 Å². The van der Waals surface area contributed by atoms with E-state index in [2.05, 4.69) is 34.6 Å². The molecule has 0 saturated heterocycles. The summed E-state index contributed by atoms with van der Waals surface area (Å²) in [5, 5.41) is -5.12. The predicted molar refractivity (Wildman–Crippen MR) is 167 cm³/mol. The number of nitrogens with zero attached hydrogens (tertiary/aromatic N) is 7. The largest absolute Gasteiger partial charge is 0.378 e. The van der Waals surface area contributed by atoms with Gasteiger partial charge >= 0.3 is 6.83 Å². The highest BCUT2D eigenvalue weighted by Gasteiger charge is 2.36. The van der Waals surface area contributed by atoms with E-state index in [4.69, 9.17) is 24.6 Å². The van der Waals surface area contributed by atoms with E-state index in [-0.39, 0.29) is 0 Å². The van der Waals surface area contributed by atoms with Gasteiger partial charge in [0.25, 0.3) is 0 Å². The molecule has 0 spiro atoms. The van der Waals surface area contributed by atoms with Gasteiger partial charge in [0.05, 0.1) is 45.8 Å². The van der Waals surface area contributed by atoms with Crippen molar-refractivity contribution >= 4 is 73.8 Å². The Morgan fingerprint density at radius 3 is 1.14 bits per heavy atom. The van der Waals surface area contributed by atoms with Crippen LogP contribution in [-0.4, -0.2) is 36.2 Å². The van der Waals surface area contributed by atoms with Crippen molar-refractivity contribution in [3.8, 4) is 22.8 Å². The first-order valence-corrected chi connectivity index (χ1v) is 15.1. The van der Waals surface area contributed by atoms with Crippen LogP contribution in [0.5, 0.6) is 0 Å². The van der Waals surface area contributed by atoms with Crippen molar-refractivity contribution in [3.63, 3.8) is 0 Å². The second kappa shape index (κ2) is 13.6. The topological polar surface area (TPSA) is 81.0 Å². The van der Waals surface area contributed by atoms with E-state index in [0.29, 0.717) is 11.3 Å². The van der Waals surface area contributed by atoms with E-state index in [1.165, 1.54) is 0 Å². The Labute approximate surface area is 312 Å². The van der Waals surface area contributed by atoms with Gasteiger partial charge in [0, 0.05) is 0 Å². The summed E-state index contributed by atoms with van der Waals surface area (Å²) in [6, 6.07) is 0. The molecule has 8 nitrogen and oxygen atoms in total. The Morgan fingerprint density at radius 1 is 0.414 bits per heavy atom. The van der Waals surface area contributed by atoms with Crippen molar-refractivity contribution in [3.05, 3.63) is 116 Å². The predicted octanol–water partition coefficient (Wildman–Crippen LogP) is 10.4. The van der Waals surface area contributed by atoms with Crippen molar-refractivity contribution in [2.45, 2.75) is 0 Å². The third-order valence-electron chi connectivity index (χ3n) is 8.26. The van der Waals surface area contributed by atoms with Crippen LogP contribution in [0.1, 0.15) is 0 Å². The molecule has 291 valence electrons. The van der Waals surface area contributed by atoms with E-state index in [1.54, 1.807) is 0 Å². The summed E-state index contributed by atoms with van der Waals surface area (Å²) in [7, 11) is 0. The first kappa shape index (κ1) is 39.4. The molecule has 0 saturated carbocycles. The molecular weight excluding hydrogens is 847 g/mol. The first-order chi connectivity index (χ1) is 27.3. The number of rotatable bonds is 1. The van der Waals surface area contributed by atoms with Crippen molar-refractivity contribution in [2.75, 3.05) is 0 Å². The number of fused-ring (bicyclic) bond motifs is 15. The highest BCUT2D eigenvalue weighted by atomic mass is 35.5. The summed E-state index contributed by atoms with van der Waals surface area (Å²) < 4.78 is 228. The molecule has 1 N–H and O–H groups in total. The Bertz CT molecular complexity index is 3190. The lowest BCUT2D eigenvalue weighted by Gasteiger charge is -2.05. The molecule has 0 fully saturated rings. The van der Waals surface area contributed by atoms with E-state index < -0.39 is 171 Å². The van der Waals surface area contributed by atoms with Crippen molar-refractivity contribution in [1.29, 1.82) is 0 Å². The lowest BCUT2D eigenvalue weighted by molar-refractivity contribution is 0.412. The first-order valence-electron chi connectivity index (χ1n) is 14.6. The monoisotopic (exact) mass is 847 g/mol. The molecule has 4 heterocycles. The molecule has 1 aliphatic heterocycles. The summed E-state index contributed by atoms with van der Waals surface area (Å²) in [5.41, 5.74) is -9.20. The average molecular weight is 848 g/mol. The Hall–Kier alpha value is -6.89. The van der Waals surface area contributed by atoms with E-state index in [9.17, 15) is 43.9 Å². The van der Waals surface area contributed by atoms with E-state index in [1.807, 2.05) is 0 Å². The van der Waals surface area contributed by atoms with Crippen molar-refractivity contribution < 1.29 is 70.2 Å². The van der Waals surface area contributed by atoms with Gasteiger partial charge in [-0.1, -0.05) is 0 Å². The van der Waals surface area contributed by atoms with Crippen LogP contribution in [-0.2, 0) is 0 Å². The van der Waals surface area contributed by atoms with E-state index in [0.717, 1.165) is 0 Å². The summed E-state index contributed by atoms with van der Waals surface area (Å²) in [6.07, 6.45) is 0. The summed E-state index contributed by atoms with van der Waals surface area (Å²) in [6.45, 7) is 13.1. The fraction of sp³-hybridized carbons (Fsp3) is 0. The maximum Gasteiger partial charge on any atom is 0.378 e. The number of benzene rings is 4. The second-order valence-electron chi connectivity index (χ2n) is 11.2. The van der Waals surface area contributed by atoms with Gasteiger partial charge in [0.15, 0.2) is 105 Å². The molecule has 6 bridgehead atoms. The van der Waals surface area contributed by atoms with Gasteiger partial charge in [-0.3, -0.25) is 0 Å². The molecule has 0 amide bonds. The normalized spacial score (nSPS) is 11.5. The lowest BCUT2D eigenvalue weighted by atomic mass is 10.1. The molecule has 4 aromatic carbocycles. The number of hydrogen-bond donors (Lipinski definition) is 1. The number of aromatic nitrogens is 6. The fourth-order valence-corrected chi connectivity index (χ4v) is 5.92. The summed E-state index contributed by atoms with van der Waals surface area (Å²) in [4.78, 5) is 21.7. The zero-order chi connectivity index (χ0) is 42.6. The van der Waals surface area contributed by atoms with Crippen molar-refractivity contribution in [1.82, 2.24) is 29.4 Å². The quantitative estimate of drug-likeness (QED) is 0.0587. The molecule has 1 radical (unpaired) electrons. The lowest BCUT2D eigenvalue weighted by Crippen LogP contribution is -2.03. The third-order valence-corrected chi connectivity index (χ3v) is 8.46. The molecular formula is C32HBClF16N8. The molecule has 0 atom stereocenters. The molecule has 26 heteroatoms. The maximum atomic E-state index is 15.2. The highest BCUT2D eigenvalue weighted by Crippen LogP contribution is 2.43. The van der Waals surface area contributed by atoms with E-state index >= 15 is 26.3 Å². The minimum Gasteiger partial charge on any atom is -0.342 e. The van der Waals surface area contributed by atoms with Gasteiger partial charge in [0.2, 0.25) is 11.4 Å². The minimum atomic E-state index is -2.41. The number of hydrogen-bond acceptors (Lipinski definition) is 4. The average Bonchev–Trinajstić information content (AvgIpc) is 3.85. The van der Waals surface area contributed by atoms with Crippen LogP contribution in [0.3, 0.4) is 0 Å². The number of nitrogens with one attached hydrogen (secondary N) is 1. The Balaban J connectivity index is 0.000000311. The summed E-state index contributed by atoms with van der Waals surface area (Å²) in [5.74, 6) is -37.5. The highest BCUT2D eigenvalue weighted by molar-refractivity contribution is 6.93. The minimum absolute atomic E-state index is 0.352. The van der Waals surface area contributed by atoms with Gasteiger partial charge in [-0.15, -0.1) is 0 Å². The third kappa shape index (κ3) is 5.25. The molecule has 58 heavy (non-hydrogen) atoms. The van der Waals surface area contributed by atoms with Gasteiger partial charge in [0.1, 0.15) is 22.6 Å². The summed E-state index contributed by atoms with van der Waals surface area (Å²) >= 11 is 5.81. The van der Waals surface area contributed by atoms with Crippen LogP contribution in [0.15, 0.2) is 0 Å². The van der Waals surface area contributed by atoms with Crippen LogP contribution in [0, 0.1) is 106 Å². The second-order valence-corrected chi connectivity index (χ2v) is 11.4. The molecule has 3 aromatic heterocycles. The van der Waals surface area contributed by atoms with Crippen LogP contribution < -0.4 is 0 Å². The molecule has 0 unspecified atom stereocenters. The Kier molecular flexibility index (Phi) is 9.26. The van der Waals surface area contributed by atoms with Gasteiger partial charge < -0.3 is 9.46 Å². The molecule has 7 aromatic rings. The van der Waals surface area contributed by atoms with Crippen LogP contribution >= 0.6 is 11.5 Å². The molecule has 8 rings (SSSR count). The standard InChI is InChI=1S/C24HBClF12N6.C8F4N2/c26-25-44-23-5-6(12(32)18(38)17(37)11(5)31)24(44)43-22-4-2(8(28)14(34)16(36)10(4)30)20(41-22)39-19-1-3(21(40-19)42-23)9(29)15(35)13(33)7(1)27;1-13-7-5(11)3(9)4(10)6(12)8(7)14-2/h(H,39,40,41,42,43);. The number of halogens is 17. The number of H-pyrrole nitrogens is 1. The van der Waals surface area contributed by atoms with Gasteiger partial charge in [-0.05, 0) is 0 Å². The maximum absolute atomic E-state index is 15.2. The SMILES string of the molecule is Fc1c(F)c(F)c2c(c1F)-c1nc-2nc2c3c(F)c(F)c(F)c(F)c3c(nc3[nH]c(n1)c1c(F)c(F)c(F)c(F)c31)n2[B]Cl.[C-]#[N+]c1c(F)c(F)c(F)c(F)c1[N+]#[C-]. The van der Waals surface area contributed by atoms with Gasteiger partial charge in [-0.2, -0.15) is 11.5 Å². The number of aromatic amines is 1. The Morgan fingerprint density at radius 2 is 0.741 bits per heavy atom. The van der Waals surface area contributed by atoms with Gasteiger partial charge in [-0.25, -0.2) is 99.9 Å². The molecule has 0 aliphatic carbocycles. The molecule has 1 aliphatic rings. The zero-order valence-electron chi connectivity index (χ0n) is 26.6.